The summed E-state index contributed by atoms with van der Waals surface area (Å²) in [6.45, 7) is 0. The summed E-state index contributed by atoms with van der Waals surface area (Å²) in [7, 11) is 0. The molecule has 0 saturated heterocycles. The number of rotatable bonds is 5. The first-order chi connectivity index (χ1) is 12.2. The van der Waals surface area contributed by atoms with Crippen LogP contribution in [0.15, 0.2) is 59.7 Å². The number of non-ortho nitro benzene ring substituents is 1. The van der Waals surface area contributed by atoms with Crippen LogP contribution >= 0.6 is 0 Å². The second-order valence-electron chi connectivity index (χ2n) is 7.44. The minimum absolute atomic E-state index is 0.0928. The highest BCUT2D eigenvalue weighted by Crippen LogP contribution is 2.73. The van der Waals surface area contributed by atoms with Crippen LogP contribution in [-0.4, -0.2) is 10.6 Å². The number of nitro benzene ring substituents is 1. The molecule has 0 heterocycles. The Morgan fingerprint density at radius 2 is 1.72 bits per heavy atom. The number of hydrazone groups is 1. The normalized spacial score (nSPS) is 31.8. The first-order valence-corrected chi connectivity index (χ1v) is 8.86. The predicted molar refractivity (Wildman–Crippen MR) is 96.4 cm³/mol. The molecule has 126 valence electrons. The van der Waals surface area contributed by atoms with Crippen LogP contribution in [0.3, 0.4) is 0 Å². The van der Waals surface area contributed by atoms with Gasteiger partial charge in [-0.1, -0.05) is 30.3 Å². The van der Waals surface area contributed by atoms with Crippen LogP contribution in [0, 0.1) is 39.7 Å². The number of nitrogens with one attached hydrogen (secondary N) is 1. The van der Waals surface area contributed by atoms with Gasteiger partial charge in [-0.2, -0.15) is 5.10 Å². The second-order valence-corrected chi connectivity index (χ2v) is 7.44. The van der Waals surface area contributed by atoms with Crippen molar-refractivity contribution in [1.29, 1.82) is 0 Å². The van der Waals surface area contributed by atoms with Crippen LogP contribution < -0.4 is 5.43 Å². The highest BCUT2D eigenvalue weighted by molar-refractivity contribution is 6.03. The number of hydrogen-bond donors (Lipinski definition) is 1. The van der Waals surface area contributed by atoms with Gasteiger partial charge in [0.2, 0.25) is 0 Å². The summed E-state index contributed by atoms with van der Waals surface area (Å²) in [5, 5.41) is 15.5. The van der Waals surface area contributed by atoms with Gasteiger partial charge >= 0.3 is 0 Å². The fraction of sp³-hybridized carbons (Fsp3) is 0.350. The van der Waals surface area contributed by atoms with Crippen LogP contribution in [0.5, 0.6) is 0 Å². The van der Waals surface area contributed by atoms with Gasteiger partial charge in [0.15, 0.2) is 0 Å². The van der Waals surface area contributed by atoms with E-state index < -0.39 is 0 Å². The minimum Gasteiger partial charge on any atom is -0.278 e. The van der Waals surface area contributed by atoms with E-state index in [-0.39, 0.29) is 10.6 Å². The maximum Gasteiger partial charge on any atom is 0.269 e. The zero-order valence-electron chi connectivity index (χ0n) is 13.7. The van der Waals surface area contributed by atoms with Crippen LogP contribution in [0.2, 0.25) is 0 Å². The molecule has 0 radical (unpaired) electrons. The Bertz CT molecular complexity index is 833. The third-order valence-electron chi connectivity index (χ3n) is 6.24. The fourth-order valence-corrected chi connectivity index (χ4v) is 5.20. The van der Waals surface area contributed by atoms with Gasteiger partial charge in [-0.3, -0.25) is 15.5 Å². The van der Waals surface area contributed by atoms with E-state index in [1.165, 1.54) is 30.5 Å². The Morgan fingerprint density at radius 1 is 1.04 bits per heavy atom. The minimum atomic E-state index is -0.387. The maximum atomic E-state index is 10.8. The van der Waals surface area contributed by atoms with Crippen molar-refractivity contribution < 1.29 is 4.92 Å². The molecule has 1 N–H and O–H groups in total. The molecule has 3 unspecified atom stereocenters. The average molecular weight is 333 g/mol. The molecule has 6 rings (SSSR count). The zero-order chi connectivity index (χ0) is 17.0. The molecule has 2 aromatic rings. The zero-order valence-corrected chi connectivity index (χ0v) is 13.7. The average Bonchev–Trinajstić information content (AvgIpc) is 3.01. The van der Waals surface area contributed by atoms with Gasteiger partial charge in [0.25, 0.3) is 5.69 Å². The van der Waals surface area contributed by atoms with E-state index in [4.69, 9.17) is 5.10 Å². The molecule has 3 atom stereocenters. The molecule has 5 heteroatoms. The van der Waals surface area contributed by atoms with E-state index in [1.54, 1.807) is 12.1 Å². The highest BCUT2D eigenvalue weighted by atomic mass is 16.6. The summed E-state index contributed by atoms with van der Waals surface area (Å²) in [6.07, 6.45) is 2.73. The molecular weight excluding hydrogens is 314 g/mol. The van der Waals surface area contributed by atoms with Gasteiger partial charge in [0.05, 0.1) is 16.3 Å². The summed E-state index contributed by atoms with van der Waals surface area (Å²) in [4.78, 5) is 10.4. The topological polar surface area (TPSA) is 67.5 Å². The van der Waals surface area contributed by atoms with Gasteiger partial charge in [0, 0.05) is 18.1 Å². The third kappa shape index (κ3) is 2.34. The summed E-state index contributed by atoms with van der Waals surface area (Å²) in [5.74, 6) is 4.02. The summed E-state index contributed by atoms with van der Waals surface area (Å²) < 4.78 is 0. The lowest BCUT2D eigenvalue weighted by molar-refractivity contribution is -0.384. The van der Waals surface area contributed by atoms with Crippen LogP contribution in [0.25, 0.3) is 0 Å². The summed E-state index contributed by atoms with van der Waals surface area (Å²) >= 11 is 0. The van der Waals surface area contributed by atoms with Crippen molar-refractivity contribution >= 4 is 17.1 Å². The molecule has 0 amide bonds. The number of anilines is 1. The van der Waals surface area contributed by atoms with Gasteiger partial charge in [-0.15, -0.1) is 0 Å². The maximum absolute atomic E-state index is 10.8. The molecule has 4 fully saturated rings. The standard InChI is InChI=1S/C20H19N3O2/c24-23(25)15-8-6-14(7-9-15)21-22-20(12-4-2-1-3-5-12)18-13-10-16-17(11-13)19(16)18/h1-9,13,16-19,21H,10-11H2. The third-order valence-corrected chi connectivity index (χ3v) is 6.24. The van der Waals surface area contributed by atoms with Crippen LogP contribution in [-0.2, 0) is 0 Å². The number of benzene rings is 2. The van der Waals surface area contributed by atoms with E-state index in [0.29, 0.717) is 5.92 Å². The smallest absolute Gasteiger partial charge is 0.269 e. The molecule has 0 spiro atoms. The van der Waals surface area contributed by atoms with Crippen molar-refractivity contribution in [2.75, 3.05) is 5.43 Å². The van der Waals surface area contributed by atoms with Gasteiger partial charge in [0.1, 0.15) is 0 Å². The number of hydrogen-bond acceptors (Lipinski definition) is 4. The van der Waals surface area contributed by atoms with Crippen molar-refractivity contribution in [2.24, 2.45) is 34.7 Å². The lowest BCUT2D eigenvalue weighted by atomic mass is 9.89. The Hall–Kier alpha value is -2.69. The first-order valence-electron chi connectivity index (χ1n) is 8.86. The lowest BCUT2D eigenvalue weighted by Crippen LogP contribution is -2.21. The van der Waals surface area contributed by atoms with Crippen LogP contribution in [0.1, 0.15) is 18.4 Å². The van der Waals surface area contributed by atoms with Crippen molar-refractivity contribution in [3.8, 4) is 0 Å². The molecule has 4 aliphatic carbocycles. The second kappa shape index (κ2) is 5.41. The number of nitro groups is 1. The van der Waals surface area contributed by atoms with Gasteiger partial charge in [-0.25, -0.2) is 0 Å². The molecule has 4 aliphatic rings. The molecule has 4 saturated carbocycles. The summed E-state index contributed by atoms with van der Waals surface area (Å²) in [5.41, 5.74) is 6.33. The quantitative estimate of drug-likeness (QED) is 0.503. The van der Waals surface area contributed by atoms with E-state index in [0.717, 1.165) is 35.1 Å². The molecule has 0 aromatic heterocycles. The van der Waals surface area contributed by atoms with Gasteiger partial charge < -0.3 is 0 Å². The fourth-order valence-electron chi connectivity index (χ4n) is 5.20. The Labute approximate surface area is 145 Å². The van der Waals surface area contributed by atoms with E-state index >= 15 is 0 Å². The van der Waals surface area contributed by atoms with Crippen molar-refractivity contribution in [3.05, 3.63) is 70.3 Å². The van der Waals surface area contributed by atoms with Crippen molar-refractivity contribution in [1.82, 2.24) is 0 Å². The molecule has 5 nitrogen and oxygen atoms in total. The Morgan fingerprint density at radius 3 is 2.28 bits per heavy atom. The SMILES string of the molecule is O=[N+]([O-])c1ccc(NN=C(c2ccccc2)C2C3CC4C(C3)C42)cc1. The lowest BCUT2D eigenvalue weighted by Gasteiger charge is -2.18. The molecule has 25 heavy (non-hydrogen) atoms. The first kappa shape index (κ1) is 14.6. The summed E-state index contributed by atoms with van der Waals surface area (Å²) in [6, 6.07) is 16.8. The molecule has 2 aromatic carbocycles. The predicted octanol–water partition coefficient (Wildman–Crippen LogP) is 4.31. The molecule has 4 bridgehead atoms. The molecule has 0 aliphatic heterocycles. The van der Waals surface area contributed by atoms with Crippen LogP contribution in [0.4, 0.5) is 11.4 Å². The van der Waals surface area contributed by atoms with Gasteiger partial charge in [-0.05, 0) is 54.2 Å². The van der Waals surface area contributed by atoms with E-state index in [2.05, 4.69) is 29.7 Å². The Kier molecular flexibility index (Phi) is 3.17. The van der Waals surface area contributed by atoms with Crippen molar-refractivity contribution in [2.45, 2.75) is 12.8 Å². The Balaban J connectivity index is 1.44. The van der Waals surface area contributed by atoms with E-state index in [9.17, 15) is 10.1 Å². The monoisotopic (exact) mass is 333 g/mol. The van der Waals surface area contributed by atoms with E-state index in [1.807, 2.05) is 6.07 Å². The van der Waals surface area contributed by atoms with Crippen molar-refractivity contribution in [3.63, 3.8) is 0 Å². The highest BCUT2D eigenvalue weighted by Gasteiger charge is 2.69. The largest absolute Gasteiger partial charge is 0.278 e. The number of nitrogens with zero attached hydrogens (tertiary/aromatic N) is 2. The molecular formula is C20H19N3O2.